The van der Waals surface area contributed by atoms with E-state index in [9.17, 15) is 9.59 Å². The summed E-state index contributed by atoms with van der Waals surface area (Å²) in [5, 5.41) is 0. The van der Waals surface area contributed by atoms with Gasteiger partial charge >= 0.3 is 0 Å². The number of hydrogen-bond donors (Lipinski definition) is 0. The van der Waals surface area contributed by atoms with Gasteiger partial charge in [0.05, 0.1) is 12.1 Å². The largest absolute Gasteiger partial charge is 0.351 e. The molecule has 1 saturated carbocycles. The molecule has 5 atom stereocenters. The van der Waals surface area contributed by atoms with Crippen molar-refractivity contribution >= 4 is 19.4 Å². The predicted molar refractivity (Wildman–Crippen MR) is 91.2 cm³/mol. The normalized spacial score (nSPS) is 36.5. The maximum absolute atomic E-state index is 12.0. The molecule has 1 aliphatic heterocycles. The third-order valence-electron chi connectivity index (χ3n) is 5.75. The van der Waals surface area contributed by atoms with Crippen LogP contribution in [0.15, 0.2) is 12.2 Å². The Bertz CT molecular complexity index is 516. The van der Waals surface area contributed by atoms with Crippen LogP contribution in [0.1, 0.15) is 53.9 Å². The zero-order chi connectivity index (χ0) is 17.5. The van der Waals surface area contributed by atoms with Crippen LogP contribution in [0.4, 0.5) is 4.79 Å². The van der Waals surface area contributed by atoms with E-state index in [1.54, 1.807) is 11.8 Å². The summed E-state index contributed by atoms with van der Waals surface area (Å²) in [6, 6.07) is -0.0452. The fourth-order valence-electron chi connectivity index (χ4n) is 4.50. The van der Waals surface area contributed by atoms with E-state index in [1.807, 2.05) is 20.8 Å². The maximum atomic E-state index is 12.0. The van der Waals surface area contributed by atoms with Crippen molar-refractivity contribution in [2.24, 2.45) is 17.8 Å². The fourth-order valence-corrected chi connectivity index (χ4v) is 4.50. The maximum Gasteiger partial charge on any atom is 0.200 e. The Kier molecular flexibility index (Phi) is 5.10. The molecule has 2 rings (SSSR count). The molecular formula is C18H28BNO3. The number of rotatable bonds is 4. The number of hydrogen-bond acceptors (Lipinski definition) is 3. The third-order valence-corrected chi connectivity index (χ3v) is 5.75. The second-order valence-electron chi connectivity index (χ2n) is 7.55. The van der Waals surface area contributed by atoms with Crippen molar-refractivity contribution in [1.82, 2.24) is 4.90 Å². The highest BCUT2D eigenvalue weighted by Gasteiger charge is 2.50. The van der Waals surface area contributed by atoms with E-state index in [2.05, 4.69) is 13.5 Å². The number of allylic oxidation sites excluding steroid dienone is 1. The van der Waals surface area contributed by atoms with Crippen LogP contribution in [0, 0.1) is 17.8 Å². The summed E-state index contributed by atoms with van der Waals surface area (Å²) in [5.41, 5.74) is 0.439. The van der Waals surface area contributed by atoms with E-state index in [-0.39, 0.29) is 29.8 Å². The summed E-state index contributed by atoms with van der Waals surface area (Å²) in [5.74, 6) is 0.316. The second-order valence-corrected chi connectivity index (χ2v) is 7.55. The van der Waals surface area contributed by atoms with Crippen molar-refractivity contribution in [1.29, 1.82) is 0 Å². The molecule has 0 spiro atoms. The first-order valence-electron chi connectivity index (χ1n) is 8.54. The van der Waals surface area contributed by atoms with Gasteiger partial charge in [-0.2, -0.15) is 0 Å². The standard InChI is InChI=1S/C18H28BNO3/c1-7-15-16(23-18(5,6)20(15)17(19)22)9-13-11(3)10(2)8-14(13)12(4)21/h11,13-16H,2,7-9H2,1,3-6H3/t11?,13?,14?,15-,16+/m0/s1. The zero-order valence-electron chi connectivity index (χ0n) is 15.0. The van der Waals surface area contributed by atoms with Gasteiger partial charge in [0, 0.05) is 5.92 Å². The van der Waals surface area contributed by atoms with Crippen LogP contribution in [0.5, 0.6) is 0 Å². The Labute approximate surface area is 141 Å². The molecule has 126 valence electrons. The van der Waals surface area contributed by atoms with Crippen LogP contribution in [-0.2, 0) is 9.53 Å². The first-order chi connectivity index (χ1) is 10.6. The van der Waals surface area contributed by atoms with Crippen molar-refractivity contribution < 1.29 is 14.3 Å². The Balaban J connectivity index is 2.23. The molecule has 2 radical (unpaired) electrons. The van der Waals surface area contributed by atoms with E-state index >= 15 is 0 Å². The minimum Gasteiger partial charge on any atom is -0.351 e. The van der Waals surface area contributed by atoms with Crippen molar-refractivity contribution in [2.75, 3.05) is 0 Å². The Morgan fingerprint density at radius 1 is 1.43 bits per heavy atom. The van der Waals surface area contributed by atoms with Crippen molar-refractivity contribution in [3.8, 4) is 0 Å². The van der Waals surface area contributed by atoms with Gasteiger partial charge < -0.3 is 9.64 Å². The number of amides is 1. The van der Waals surface area contributed by atoms with Crippen LogP contribution in [-0.4, -0.2) is 42.2 Å². The number of nitrogens with zero attached hydrogens (tertiary/aromatic N) is 1. The number of Topliss-reactive ketones (excluding diaryl/α,β-unsaturated/α-hetero) is 1. The lowest BCUT2D eigenvalue weighted by Crippen LogP contribution is -2.47. The SMILES string of the molecule is [B]C(=O)N1[C@@H](CC)[C@@H](CC2C(C)C(=C)CC2C(C)=O)OC1(C)C. The lowest BCUT2D eigenvalue weighted by molar-refractivity contribution is -0.122. The van der Waals surface area contributed by atoms with Crippen LogP contribution >= 0.6 is 0 Å². The molecule has 0 aromatic carbocycles. The van der Waals surface area contributed by atoms with Gasteiger partial charge in [0.25, 0.3) is 0 Å². The summed E-state index contributed by atoms with van der Waals surface area (Å²) in [7, 11) is 5.57. The lowest BCUT2D eigenvalue weighted by atomic mass is 9.81. The molecule has 2 aliphatic rings. The van der Waals surface area contributed by atoms with Gasteiger partial charge in [0.15, 0.2) is 5.81 Å². The summed E-state index contributed by atoms with van der Waals surface area (Å²) in [6.07, 6.45) is 2.22. The molecule has 23 heavy (non-hydrogen) atoms. The molecule has 2 fully saturated rings. The highest BCUT2D eigenvalue weighted by atomic mass is 16.5. The molecule has 0 aromatic heterocycles. The number of carbonyl (C=O) groups excluding carboxylic acids is 2. The number of ketones is 1. The summed E-state index contributed by atoms with van der Waals surface area (Å²) < 4.78 is 6.18. The third kappa shape index (κ3) is 3.26. The van der Waals surface area contributed by atoms with E-state index in [1.165, 1.54) is 0 Å². The molecule has 0 bridgehead atoms. The minimum absolute atomic E-state index is 0.0179. The lowest BCUT2D eigenvalue weighted by Gasteiger charge is -2.33. The van der Waals surface area contributed by atoms with Gasteiger partial charge in [-0.05, 0) is 51.9 Å². The van der Waals surface area contributed by atoms with Gasteiger partial charge in [0.1, 0.15) is 11.5 Å². The highest BCUT2D eigenvalue weighted by Crippen LogP contribution is 2.46. The first kappa shape index (κ1) is 18.2. The minimum atomic E-state index is -0.707. The predicted octanol–water partition coefficient (Wildman–Crippen LogP) is 3.30. The van der Waals surface area contributed by atoms with E-state index in [0.717, 1.165) is 24.8 Å². The molecule has 0 N–H and O–H groups in total. The topological polar surface area (TPSA) is 46.6 Å². The molecule has 5 heteroatoms. The number of carbonyl (C=O) groups is 2. The Hall–Kier alpha value is -1.10. The van der Waals surface area contributed by atoms with E-state index in [0.29, 0.717) is 5.92 Å². The van der Waals surface area contributed by atoms with Gasteiger partial charge in [-0.3, -0.25) is 9.59 Å². The molecule has 3 unspecified atom stereocenters. The van der Waals surface area contributed by atoms with Crippen LogP contribution in [0.25, 0.3) is 0 Å². The monoisotopic (exact) mass is 317 g/mol. The Morgan fingerprint density at radius 3 is 2.52 bits per heavy atom. The van der Waals surface area contributed by atoms with Crippen molar-refractivity contribution in [2.45, 2.75) is 71.8 Å². The van der Waals surface area contributed by atoms with Gasteiger partial charge in [-0.15, -0.1) is 0 Å². The summed E-state index contributed by atoms with van der Waals surface area (Å²) in [4.78, 5) is 25.5. The fraction of sp³-hybridized carbons (Fsp3) is 0.778. The highest BCUT2D eigenvalue weighted by molar-refractivity contribution is 6.57. The number of ether oxygens (including phenoxy) is 1. The Morgan fingerprint density at radius 2 is 2.04 bits per heavy atom. The molecule has 4 nitrogen and oxygen atoms in total. The molecule has 1 saturated heterocycles. The van der Waals surface area contributed by atoms with Crippen molar-refractivity contribution in [3.63, 3.8) is 0 Å². The second kappa shape index (κ2) is 6.42. The van der Waals surface area contributed by atoms with Gasteiger partial charge in [-0.1, -0.05) is 26.0 Å². The molecule has 0 aromatic rings. The molecule has 1 amide bonds. The molecular weight excluding hydrogens is 289 g/mol. The zero-order valence-corrected chi connectivity index (χ0v) is 15.0. The van der Waals surface area contributed by atoms with Gasteiger partial charge in [-0.25, -0.2) is 0 Å². The van der Waals surface area contributed by atoms with E-state index in [4.69, 9.17) is 12.6 Å². The summed E-state index contributed by atoms with van der Waals surface area (Å²) in [6.45, 7) is 13.7. The van der Waals surface area contributed by atoms with Crippen molar-refractivity contribution in [3.05, 3.63) is 12.2 Å². The average Bonchev–Trinajstić information content (AvgIpc) is 2.86. The van der Waals surface area contributed by atoms with Gasteiger partial charge in [0.2, 0.25) is 7.85 Å². The molecule has 1 heterocycles. The smallest absolute Gasteiger partial charge is 0.200 e. The first-order valence-corrected chi connectivity index (χ1v) is 8.54. The van der Waals surface area contributed by atoms with Crippen LogP contribution in [0.3, 0.4) is 0 Å². The van der Waals surface area contributed by atoms with E-state index < -0.39 is 11.5 Å². The van der Waals surface area contributed by atoms with Crippen LogP contribution in [0.2, 0.25) is 0 Å². The average molecular weight is 317 g/mol. The molecule has 1 aliphatic carbocycles. The summed E-state index contributed by atoms with van der Waals surface area (Å²) >= 11 is 0. The quantitative estimate of drug-likeness (QED) is 0.590. The van der Waals surface area contributed by atoms with Crippen LogP contribution < -0.4 is 0 Å².